The van der Waals surface area contributed by atoms with Gasteiger partial charge in [0.1, 0.15) is 5.60 Å². The Morgan fingerprint density at radius 3 is 2.48 bits per heavy atom. The number of nitrogens with one attached hydrogen (secondary N) is 1. The van der Waals surface area contributed by atoms with E-state index in [2.05, 4.69) is 24.4 Å². The Bertz CT molecular complexity index is 687. The normalized spacial score (nSPS) is 23.0. The van der Waals surface area contributed by atoms with Gasteiger partial charge in [-0.15, -0.1) is 0 Å². The lowest BCUT2D eigenvalue weighted by atomic mass is 9.93. The van der Waals surface area contributed by atoms with E-state index in [1.807, 2.05) is 32.9 Å². The van der Waals surface area contributed by atoms with Crippen LogP contribution in [0.15, 0.2) is 24.3 Å². The third kappa shape index (κ3) is 5.72. The highest BCUT2D eigenvalue weighted by atomic mass is 16.6. The molecule has 1 heterocycles. The number of carbonyl (C=O) groups is 2. The molecule has 2 fully saturated rings. The van der Waals surface area contributed by atoms with Gasteiger partial charge in [0.25, 0.3) is 0 Å². The smallest absolute Gasteiger partial charge is 0.410 e. The molecule has 3 rings (SSSR count). The summed E-state index contributed by atoms with van der Waals surface area (Å²) >= 11 is 0. The molecular formula is C22H32N2O3. The van der Waals surface area contributed by atoms with Crippen molar-refractivity contribution in [3.63, 3.8) is 0 Å². The first-order valence-electron chi connectivity index (χ1n) is 10.1. The average Bonchev–Trinajstić information content (AvgIpc) is 3.31. The number of piperidine rings is 1. The molecule has 1 aliphatic carbocycles. The monoisotopic (exact) mass is 372 g/mol. The largest absolute Gasteiger partial charge is 0.444 e. The third-order valence-corrected chi connectivity index (χ3v) is 5.45. The van der Waals surface area contributed by atoms with Crippen LogP contribution in [0.25, 0.3) is 0 Å². The van der Waals surface area contributed by atoms with Crippen LogP contribution in [-0.4, -0.2) is 35.6 Å². The van der Waals surface area contributed by atoms with Crippen LogP contribution in [0.5, 0.6) is 0 Å². The number of benzene rings is 1. The van der Waals surface area contributed by atoms with Crippen molar-refractivity contribution >= 4 is 17.7 Å². The van der Waals surface area contributed by atoms with Crippen LogP contribution in [-0.2, 0) is 9.53 Å². The minimum atomic E-state index is -0.472. The van der Waals surface area contributed by atoms with Gasteiger partial charge in [0.05, 0.1) is 0 Å². The zero-order chi connectivity index (χ0) is 19.6. The molecule has 1 aromatic rings. The van der Waals surface area contributed by atoms with Gasteiger partial charge >= 0.3 is 6.09 Å². The maximum atomic E-state index is 12.4. The highest BCUT2D eigenvalue weighted by Gasteiger charge is 2.34. The van der Waals surface area contributed by atoms with Gasteiger partial charge in [-0.3, -0.25) is 4.79 Å². The molecule has 148 valence electrons. The number of hydrogen-bond acceptors (Lipinski definition) is 3. The third-order valence-electron chi connectivity index (χ3n) is 5.45. The molecule has 27 heavy (non-hydrogen) atoms. The number of hydrogen-bond donors (Lipinski definition) is 1. The minimum absolute atomic E-state index is 0.0618. The lowest BCUT2D eigenvalue weighted by Gasteiger charge is -2.33. The number of rotatable bonds is 4. The van der Waals surface area contributed by atoms with E-state index in [0.29, 0.717) is 31.3 Å². The van der Waals surface area contributed by atoms with Crippen LogP contribution in [0.1, 0.15) is 64.9 Å². The van der Waals surface area contributed by atoms with Gasteiger partial charge in [0.2, 0.25) is 5.91 Å². The lowest BCUT2D eigenvalue weighted by molar-refractivity contribution is -0.117. The van der Waals surface area contributed by atoms with E-state index >= 15 is 0 Å². The predicted molar refractivity (Wildman–Crippen MR) is 107 cm³/mol. The van der Waals surface area contributed by atoms with Crippen LogP contribution in [0.2, 0.25) is 0 Å². The maximum absolute atomic E-state index is 12.4. The zero-order valence-electron chi connectivity index (χ0n) is 17.0. The molecular weight excluding hydrogens is 340 g/mol. The number of nitrogens with zero attached hydrogens (tertiary/aromatic N) is 1. The van der Waals surface area contributed by atoms with Crippen LogP contribution < -0.4 is 5.32 Å². The Hall–Kier alpha value is -2.04. The Labute approximate surface area is 162 Å². The summed E-state index contributed by atoms with van der Waals surface area (Å²) in [5.74, 6) is 1.78. The second kappa shape index (κ2) is 7.91. The standard InChI is InChI=1S/C22H32N2O3/c1-15-12-19(15)17-6-5-7-18(14-17)23-20(25)13-16-8-10-24(11-9-16)21(26)27-22(2,3)4/h5-7,14-16,19H,8-13H2,1-4H3,(H,23,25). The fourth-order valence-electron chi connectivity index (χ4n) is 3.75. The number of anilines is 1. The quantitative estimate of drug-likeness (QED) is 0.827. The molecule has 2 amide bonds. The van der Waals surface area contributed by atoms with Crippen molar-refractivity contribution in [3.8, 4) is 0 Å². The van der Waals surface area contributed by atoms with E-state index in [-0.39, 0.29) is 12.0 Å². The molecule has 5 nitrogen and oxygen atoms in total. The summed E-state index contributed by atoms with van der Waals surface area (Å²) in [6.45, 7) is 9.20. The highest BCUT2D eigenvalue weighted by molar-refractivity contribution is 5.91. The molecule has 1 saturated carbocycles. The Kier molecular flexibility index (Phi) is 5.78. The van der Waals surface area contributed by atoms with Crippen molar-refractivity contribution in [2.45, 2.75) is 64.9 Å². The first-order valence-corrected chi connectivity index (χ1v) is 10.1. The Balaban J connectivity index is 1.44. The van der Waals surface area contributed by atoms with Crippen LogP contribution in [0.4, 0.5) is 10.5 Å². The summed E-state index contributed by atoms with van der Waals surface area (Å²) in [7, 11) is 0. The molecule has 0 bridgehead atoms. The number of carbonyl (C=O) groups excluding carboxylic acids is 2. The molecule has 2 unspecified atom stereocenters. The van der Waals surface area contributed by atoms with Gasteiger partial charge in [-0.2, -0.15) is 0 Å². The molecule has 2 aliphatic rings. The Morgan fingerprint density at radius 2 is 1.89 bits per heavy atom. The van der Waals surface area contributed by atoms with Gasteiger partial charge in [0.15, 0.2) is 0 Å². The second-order valence-electron chi connectivity index (χ2n) is 9.11. The van der Waals surface area contributed by atoms with Crippen LogP contribution >= 0.6 is 0 Å². The fourth-order valence-corrected chi connectivity index (χ4v) is 3.75. The summed E-state index contributed by atoms with van der Waals surface area (Å²) in [6, 6.07) is 8.24. The molecule has 2 atom stereocenters. The molecule has 5 heteroatoms. The topological polar surface area (TPSA) is 58.6 Å². The summed E-state index contributed by atoms with van der Waals surface area (Å²) in [4.78, 5) is 26.3. The SMILES string of the molecule is CC1CC1c1cccc(NC(=O)CC2CCN(C(=O)OC(C)(C)C)CC2)c1. The zero-order valence-corrected chi connectivity index (χ0v) is 17.0. The molecule has 0 radical (unpaired) electrons. The fraction of sp³-hybridized carbons (Fsp3) is 0.636. The highest BCUT2D eigenvalue weighted by Crippen LogP contribution is 2.47. The van der Waals surface area contributed by atoms with Crippen molar-refractivity contribution < 1.29 is 14.3 Å². The van der Waals surface area contributed by atoms with E-state index < -0.39 is 5.60 Å². The molecule has 0 aromatic heterocycles. The van der Waals surface area contributed by atoms with E-state index in [1.54, 1.807) is 4.90 Å². The van der Waals surface area contributed by atoms with E-state index in [4.69, 9.17) is 4.74 Å². The molecule has 0 spiro atoms. The average molecular weight is 373 g/mol. The van der Waals surface area contributed by atoms with Gasteiger partial charge in [-0.25, -0.2) is 4.79 Å². The van der Waals surface area contributed by atoms with Gasteiger partial charge in [-0.05, 0) is 75.5 Å². The van der Waals surface area contributed by atoms with E-state index in [0.717, 1.165) is 24.4 Å². The van der Waals surface area contributed by atoms with Crippen molar-refractivity contribution in [3.05, 3.63) is 29.8 Å². The number of amides is 2. The molecule has 1 aromatic carbocycles. The first kappa shape index (κ1) is 19.7. The number of likely N-dealkylation sites (tertiary alicyclic amines) is 1. The minimum Gasteiger partial charge on any atom is -0.444 e. The first-order chi connectivity index (χ1) is 12.7. The second-order valence-corrected chi connectivity index (χ2v) is 9.11. The molecule has 1 aliphatic heterocycles. The van der Waals surface area contributed by atoms with Crippen molar-refractivity contribution in [2.24, 2.45) is 11.8 Å². The Morgan fingerprint density at radius 1 is 1.22 bits per heavy atom. The summed E-state index contributed by atoms with van der Waals surface area (Å²) < 4.78 is 5.42. The summed E-state index contributed by atoms with van der Waals surface area (Å²) in [5, 5.41) is 3.05. The molecule has 1 saturated heterocycles. The lowest BCUT2D eigenvalue weighted by Crippen LogP contribution is -2.42. The van der Waals surface area contributed by atoms with Gasteiger partial charge in [0, 0.05) is 25.2 Å². The van der Waals surface area contributed by atoms with E-state index in [9.17, 15) is 9.59 Å². The number of ether oxygens (including phenoxy) is 1. The van der Waals surface area contributed by atoms with Crippen molar-refractivity contribution in [1.82, 2.24) is 4.90 Å². The van der Waals surface area contributed by atoms with Gasteiger partial charge in [-0.1, -0.05) is 19.1 Å². The van der Waals surface area contributed by atoms with Crippen molar-refractivity contribution in [2.75, 3.05) is 18.4 Å². The van der Waals surface area contributed by atoms with Crippen LogP contribution in [0.3, 0.4) is 0 Å². The summed E-state index contributed by atoms with van der Waals surface area (Å²) in [5.41, 5.74) is 1.74. The van der Waals surface area contributed by atoms with E-state index in [1.165, 1.54) is 12.0 Å². The predicted octanol–water partition coefficient (Wildman–Crippen LogP) is 4.79. The van der Waals surface area contributed by atoms with Crippen molar-refractivity contribution in [1.29, 1.82) is 0 Å². The summed E-state index contributed by atoms with van der Waals surface area (Å²) in [6.07, 6.45) is 3.18. The van der Waals surface area contributed by atoms with Crippen LogP contribution in [0, 0.1) is 11.8 Å². The van der Waals surface area contributed by atoms with Gasteiger partial charge < -0.3 is 15.0 Å². The maximum Gasteiger partial charge on any atom is 0.410 e. The molecule has 1 N–H and O–H groups in total.